The number of nitrogens with one attached hydrogen (secondary N) is 1. The van der Waals surface area contributed by atoms with Gasteiger partial charge in [0.05, 0.1) is 0 Å². The minimum Gasteiger partial charge on any atom is -0.483 e. The smallest absolute Gasteiger partial charge is 0.261 e. The summed E-state index contributed by atoms with van der Waals surface area (Å²) >= 11 is 6.51. The minimum absolute atomic E-state index is 0.132. The Labute approximate surface area is 231 Å². The van der Waals surface area contributed by atoms with Gasteiger partial charge >= 0.3 is 0 Å². The number of amides is 2. The molecule has 0 saturated heterocycles. The molecule has 3 aromatic rings. The molecule has 1 fully saturated rings. The van der Waals surface area contributed by atoms with Crippen LogP contribution in [0.1, 0.15) is 54.4 Å². The van der Waals surface area contributed by atoms with Crippen molar-refractivity contribution in [3.8, 4) is 5.75 Å². The summed E-state index contributed by atoms with van der Waals surface area (Å²) in [7, 11) is 0. The van der Waals surface area contributed by atoms with Crippen LogP contribution in [0.15, 0.2) is 72.8 Å². The van der Waals surface area contributed by atoms with Crippen molar-refractivity contribution in [1.29, 1.82) is 0 Å². The number of benzene rings is 3. The van der Waals surface area contributed by atoms with E-state index in [1.807, 2.05) is 80.6 Å². The highest BCUT2D eigenvalue weighted by Gasteiger charge is 2.32. The average Bonchev–Trinajstić information content (AvgIpc) is 2.93. The molecule has 0 aromatic heterocycles. The van der Waals surface area contributed by atoms with E-state index in [2.05, 4.69) is 5.32 Å². The SMILES string of the molecule is Cc1ccc(C)c(OCC(=O)N(Cc2ccccc2Cl)C(Cc2ccccc2)C(=O)NC2CCCCC2)c1. The molecule has 6 heteroatoms. The van der Waals surface area contributed by atoms with E-state index in [1.54, 1.807) is 11.0 Å². The molecule has 0 heterocycles. The molecule has 1 atom stereocenters. The normalized spacial score (nSPS) is 14.5. The van der Waals surface area contributed by atoms with Crippen LogP contribution in [0.5, 0.6) is 5.75 Å². The number of hydrogen-bond donors (Lipinski definition) is 1. The van der Waals surface area contributed by atoms with Crippen LogP contribution in [0.3, 0.4) is 0 Å². The van der Waals surface area contributed by atoms with Crippen molar-refractivity contribution in [2.75, 3.05) is 6.61 Å². The predicted molar refractivity (Wildman–Crippen MR) is 152 cm³/mol. The van der Waals surface area contributed by atoms with Crippen molar-refractivity contribution in [2.24, 2.45) is 0 Å². The number of rotatable bonds is 10. The molecule has 2 amide bonds. The summed E-state index contributed by atoms with van der Waals surface area (Å²) in [5.41, 5.74) is 3.79. The predicted octanol–water partition coefficient (Wildman–Crippen LogP) is 6.42. The number of halogens is 1. The van der Waals surface area contributed by atoms with Crippen LogP contribution in [0.4, 0.5) is 0 Å². The van der Waals surface area contributed by atoms with Gasteiger partial charge in [-0.2, -0.15) is 0 Å². The fourth-order valence-electron chi connectivity index (χ4n) is 4.99. The van der Waals surface area contributed by atoms with Crippen LogP contribution in [-0.2, 0) is 22.6 Å². The third kappa shape index (κ3) is 7.61. The lowest BCUT2D eigenvalue weighted by Gasteiger charge is -2.33. The first-order chi connectivity index (χ1) is 18.4. The van der Waals surface area contributed by atoms with Crippen LogP contribution in [0, 0.1) is 13.8 Å². The van der Waals surface area contributed by atoms with E-state index in [4.69, 9.17) is 16.3 Å². The number of carbonyl (C=O) groups is 2. The van der Waals surface area contributed by atoms with Gasteiger partial charge in [0, 0.05) is 24.0 Å². The van der Waals surface area contributed by atoms with Crippen LogP contribution in [-0.4, -0.2) is 35.4 Å². The lowest BCUT2D eigenvalue weighted by molar-refractivity contribution is -0.143. The number of carbonyl (C=O) groups excluding carboxylic acids is 2. The molecule has 0 radical (unpaired) electrons. The molecule has 200 valence electrons. The van der Waals surface area contributed by atoms with Gasteiger partial charge in [-0.1, -0.05) is 91.5 Å². The zero-order valence-corrected chi connectivity index (χ0v) is 23.0. The van der Waals surface area contributed by atoms with Crippen molar-refractivity contribution in [3.05, 3.63) is 100 Å². The van der Waals surface area contributed by atoms with Crippen molar-refractivity contribution in [1.82, 2.24) is 10.2 Å². The Morgan fingerprint density at radius 3 is 2.42 bits per heavy atom. The Morgan fingerprint density at radius 1 is 0.974 bits per heavy atom. The molecular weight excluding hydrogens is 496 g/mol. The molecule has 0 bridgehead atoms. The second-order valence-corrected chi connectivity index (χ2v) is 10.6. The van der Waals surface area contributed by atoms with E-state index in [1.165, 1.54) is 6.42 Å². The van der Waals surface area contributed by atoms with Crippen molar-refractivity contribution >= 4 is 23.4 Å². The topological polar surface area (TPSA) is 58.6 Å². The van der Waals surface area contributed by atoms with Crippen LogP contribution in [0.25, 0.3) is 0 Å². The van der Waals surface area contributed by atoms with Gasteiger partial charge in [0.25, 0.3) is 5.91 Å². The summed E-state index contributed by atoms with van der Waals surface area (Å²) in [4.78, 5) is 29.3. The maximum atomic E-state index is 13.8. The quantitative estimate of drug-likeness (QED) is 0.327. The van der Waals surface area contributed by atoms with E-state index in [-0.39, 0.29) is 31.0 Å². The number of ether oxygens (including phenoxy) is 1. The highest BCUT2D eigenvalue weighted by atomic mass is 35.5. The minimum atomic E-state index is -0.703. The summed E-state index contributed by atoms with van der Waals surface area (Å²) < 4.78 is 6.00. The van der Waals surface area contributed by atoms with E-state index in [9.17, 15) is 9.59 Å². The van der Waals surface area contributed by atoms with E-state index in [0.717, 1.165) is 47.9 Å². The fraction of sp³-hybridized carbons (Fsp3) is 0.375. The Hall–Kier alpha value is -3.31. The van der Waals surface area contributed by atoms with Crippen LogP contribution >= 0.6 is 11.6 Å². The average molecular weight is 533 g/mol. The van der Waals surface area contributed by atoms with Gasteiger partial charge < -0.3 is 15.0 Å². The van der Waals surface area contributed by atoms with Crippen molar-refractivity contribution in [3.63, 3.8) is 0 Å². The lowest BCUT2D eigenvalue weighted by atomic mass is 9.94. The van der Waals surface area contributed by atoms with Gasteiger partial charge in [-0.3, -0.25) is 9.59 Å². The zero-order valence-electron chi connectivity index (χ0n) is 22.3. The molecule has 1 aliphatic rings. The number of aryl methyl sites for hydroxylation is 2. The van der Waals surface area contributed by atoms with Gasteiger partial charge in [0.1, 0.15) is 11.8 Å². The van der Waals surface area contributed by atoms with Crippen LogP contribution in [0.2, 0.25) is 5.02 Å². The molecule has 3 aromatic carbocycles. The molecule has 0 aliphatic heterocycles. The number of nitrogens with zero attached hydrogens (tertiary/aromatic N) is 1. The first kappa shape index (κ1) is 27.7. The first-order valence-electron chi connectivity index (χ1n) is 13.5. The standard InChI is InChI=1S/C32H37ClN2O3/c1-23-17-18-24(2)30(19-23)38-22-31(36)35(21-26-13-9-10-16-28(26)33)29(20-25-11-5-3-6-12-25)32(37)34-27-14-7-4-8-15-27/h3,5-6,9-13,16-19,27,29H,4,7-8,14-15,20-22H2,1-2H3,(H,34,37). The largest absolute Gasteiger partial charge is 0.483 e. The summed E-state index contributed by atoms with van der Waals surface area (Å²) in [6.45, 7) is 3.99. The molecule has 4 rings (SSSR count). The Balaban J connectivity index is 1.63. The second-order valence-electron chi connectivity index (χ2n) is 10.2. The maximum Gasteiger partial charge on any atom is 0.261 e. The third-order valence-corrected chi connectivity index (χ3v) is 7.58. The second kappa shape index (κ2) is 13.5. The van der Waals surface area contributed by atoms with Gasteiger partial charge in [0.15, 0.2) is 6.61 Å². The Morgan fingerprint density at radius 2 is 1.68 bits per heavy atom. The summed E-state index contributed by atoms with van der Waals surface area (Å²) in [5.74, 6) is 0.278. The van der Waals surface area contributed by atoms with Crippen molar-refractivity contribution < 1.29 is 14.3 Å². The Bertz CT molecular complexity index is 1220. The summed E-state index contributed by atoms with van der Waals surface area (Å²) in [6, 6.07) is 22.6. The molecule has 1 saturated carbocycles. The zero-order chi connectivity index (χ0) is 26.9. The highest BCUT2D eigenvalue weighted by molar-refractivity contribution is 6.31. The van der Waals surface area contributed by atoms with Crippen molar-refractivity contribution in [2.45, 2.75) is 71.0 Å². The summed E-state index contributed by atoms with van der Waals surface area (Å²) in [5, 5.41) is 3.82. The van der Waals surface area contributed by atoms with E-state index >= 15 is 0 Å². The van der Waals surface area contributed by atoms with E-state index < -0.39 is 6.04 Å². The molecule has 1 unspecified atom stereocenters. The molecule has 38 heavy (non-hydrogen) atoms. The number of hydrogen-bond acceptors (Lipinski definition) is 3. The Kier molecular flexibility index (Phi) is 9.83. The van der Waals surface area contributed by atoms with Gasteiger partial charge in [0.2, 0.25) is 5.91 Å². The maximum absolute atomic E-state index is 13.8. The van der Waals surface area contributed by atoms with Gasteiger partial charge in [-0.25, -0.2) is 0 Å². The monoisotopic (exact) mass is 532 g/mol. The van der Waals surface area contributed by atoms with Gasteiger partial charge in [-0.15, -0.1) is 0 Å². The van der Waals surface area contributed by atoms with Gasteiger partial charge in [-0.05, 0) is 61.1 Å². The molecular formula is C32H37ClN2O3. The molecule has 1 aliphatic carbocycles. The van der Waals surface area contributed by atoms with E-state index in [0.29, 0.717) is 17.2 Å². The van der Waals surface area contributed by atoms with Crippen LogP contribution < -0.4 is 10.1 Å². The molecule has 5 nitrogen and oxygen atoms in total. The fourth-order valence-corrected chi connectivity index (χ4v) is 5.19. The lowest BCUT2D eigenvalue weighted by Crippen LogP contribution is -2.53. The molecule has 0 spiro atoms. The third-order valence-electron chi connectivity index (χ3n) is 7.22. The molecule has 1 N–H and O–H groups in total. The highest BCUT2D eigenvalue weighted by Crippen LogP contribution is 2.23. The summed E-state index contributed by atoms with van der Waals surface area (Å²) in [6.07, 6.45) is 5.77. The first-order valence-corrected chi connectivity index (χ1v) is 13.9.